The van der Waals surface area contributed by atoms with Crippen molar-refractivity contribution in [2.24, 2.45) is 0 Å². The first-order valence-electron chi connectivity index (χ1n) is 3.05. The van der Waals surface area contributed by atoms with E-state index in [1.807, 2.05) is 6.92 Å². The van der Waals surface area contributed by atoms with E-state index in [0.717, 1.165) is 0 Å². The lowest BCUT2D eigenvalue weighted by Gasteiger charge is -2.10. The molecule has 0 fully saturated rings. The zero-order valence-electron chi connectivity index (χ0n) is 6.19. The highest BCUT2D eigenvalue weighted by atomic mass is 35.5. The fourth-order valence-electron chi connectivity index (χ4n) is 0.605. The number of rotatable bonds is 4. The van der Waals surface area contributed by atoms with Crippen LogP contribution in [0.4, 0.5) is 0 Å². The Kier molecular flexibility index (Phi) is 5.35. The number of halogens is 1. The van der Waals surface area contributed by atoms with E-state index in [1.165, 1.54) is 0 Å². The topological polar surface area (TPSA) is 38.3 Å². The van der Waals surface area contributed by atoms with E-state index in [0.29, 0.717) is 6.61 Å². The SMILES string of the molecule is COC[C@H](C)NC(=O)CCl. The van der Waals surface area contributed by atoms with Crippen molar-refractivity contribution >= 4 is 17.5 Å². The second-order valence-electron chi connectivity index (χ2n) is 2.06. The molecule has 1 N–H and O–H groups in total. The fourth-order valence-corrected chi connectivity index (χ4v) is 0.682. The summed E-state index contributed by atoms with van der Waals surface area (Å²) in [7, 11) is 1.59. The van der Waals surface area contributed by atoms with Crippen molar-refractivity contribution in [3.63, 3.8) is 0 Å². The molecule has 1 atom stereocenters. The maximum absolute atomic E-state index is 10.6. The molecule has 0 heterocycles. The van der Waals surface area contributed by atoms with Crippen LogP contribution in [0, 0.1) is 0 Å². The Morgan fingerprint density at radius 1 is 1.80 bits per heavy atom. The number of nitrogens with one attached hydrogen (secondary N) is 1. The molecule has 1 amide bonds. The second-order valence-corrected chi connectivity index (χ2v) is 2.32. The number of carbonyl (C=O) groups excluding carboxylic acids is 1. The molecule has 0 aromatic carbocycles. The Morgan fingerprint density at radius 3 is 2.80 bits per heavy atom. The molecule has 3 nitrogen and oxygen atoms in total. The predicted octanol–water partition coefficient (Wildman–Crippen LogP) is 0.376. The van der Waals surface area contributed by atoms with Gasteiger partial charge in [0.25, 0.3) is 0 Å². The molecule has 0 aromatic rings. The predicted molar refractivity (Wildman–Crippen MR) is 40.2 cm³/mol. The minimum atomic E-state index is -0.161. The number of hydrogen-bond acceptors (Lipinski definition) is 2. The van der Waals surface area contributed by atoms with E-state index in [-0.39, 0.29) is 17.8 Å². The van der Waals surface area contributed by atoms with Gasteiger partial charge < -0.3 is 10.1 Å². The molecular formula is C6H12ClNO2. The summed E-state index contributed by atoms with van der Waals surface area (Å²) in [5, 5.41) is 2.63. The summed E-state index contributed by atoms with van der Waals surface area (Å²) in [4.78, 5) is 10.6. The van der Waals surface area contributed by atoms with Gasteiger partial charge >= 0.3 is 0 Å². The van der Waals surface area contributed by atoms with Gasteiger partial charge in [-0.3, -0.25) is 4.79 Å². The number of hydrogen-bond donors (Lipinski definition) is 1. The van der Waals surface area contributed by atoms with Gasteiger partial charge in [0.05, 0.1) is 6.61 Å². The molecule has 0 aliphatic carbocycles. The van der Waals surface area contributed by atoms with Crippen LogP contribution in [0.25, 0.3) is 0 Å². The average Bonchev–Trinajstić information content (AvgIpc) is 1.88. The van der Waals surface area contributed by atoms with Crippen molar-refractivity contribution in [1.82, 2.24) is 5.32 Å². The Balaban J connectivity index is 3.37. The first-order chi connectivity index (χ1) is 4.70. The lowest BCUT2D eigenvalue weighted by molar-refractivity contribution is -0.119. The van der Waals surface area contributed by atoms with E-state index in [9.17, 15) is 4.79 Å². The maximum atomic E-state index is 10.6. The van der Waals surface area contributed by atoms with Gasteiger partial charge in [0.1, 0.15) is 5.88 Å². The highest BCUT2D eigenvalue weighted by Crippen LogP contribution is 1.83. The maximum Gasteiger partial charge on any atom is 0.235 e. The number of ether oxygens (including phenoxy) is 1. The number of carbonyl (C=O) groups is 1. The summed E-state index contributed by atoms with van der Waals surface area (Å²) in [5.41, 5.74) is 0. The third kappa shape index (κ3) is 4.58. The molecule has 0 saturated carbocycles. The Morgan fingerprint density at radius 2 is 2.40 bits per heavy atom. The van der Waals surface area contributed by atoms with Crippen LogP contribution in [0.5, 0.6) is 0 Å². The van der Waals surface area contributed by atoms with Crippen LogP contribution in [0.2, 0.25) is 0 Å². The van der Waals surface area contributed by atoms with Gasteiger partial charge in [-0.25, -0.2) is 0 Å². The first kappa shape index (κ1) is 9.72. The lowest BCUT2D eigenvalue weighted by atomic mass is 10.3. The molecule has 0 aromatic heterocycles. The minimum absolute atomic E-state index is 0.00799. The van der Waals surface area contributed by atoms with Crippen LogP contribution in [0.3, 0.4) is 0 Å². The van der Waals surface area contributed by atoms with Gasteiger partial charge in [-0.15, -0.1) is 11.6 Å². The van der Waals surface area contributed by atoms with Gasteiger partial charge in [0, 0.05) is 13.2 Å². The van der Waals surface area contributed by atoms with Crippen LogP contribution in [0.1, 0.15) is 6.92 Å². The lowest BCUT2D eigenvalue weighted by Crippen LogP contribution is -2.36. The van der Waals surface area contributed by atoms with Crippen LogP contribution in [-0.4, -0.2) is 31.5 Å². The van der Waals surface area contributed by atoms with E-state index in [4.69, 9.17) is 16.3 Å². The summed E-state index contributed by atoms with van der Waals surface area (Å²) in [6.07, 6.45) is 0. The van der Waals surface area contributed by atoms with Crippen molar-refractivity contribution in [2.75, 3.05) is 19.6 Å². The molecule has 0 rings (SSSR count). The molecular weight excluding hydrogens is 154 g/mol. The molecule has 0 unspecified atom stereocenters. The van der Waals surface area contributed by atoms with E-state index in [2.05, 4.69) is 5.32 Å². The molecule has 0 radical (unpaired) electrons. The Hall–Kier alpha value is -0.280. The number of methoxy groups -OCH3 is 1. The van der Waals surface area contributed by atoms with Crippen molar-refractivity contribution in [2.45, 2.75) is 13.0 Å². The third-order valence-electron chi connectivity index (χ3n) is 0.945. The van der Waals surface area contributed by atoms with Crippen LogP contribution >= 0.6 is 11.6 Å². The van der Waals surface area contributed by atoms with Gasteiger partial charge in [-0.2, -0.15) is 0 Å². The quantitative estimate of drug-likeness (QED) is 0.612. The minimum Gasteiger partial charge on any atom is -0.383 e. The smallest absolute Gasteiger partial charge is 0.235 e. The summed E-state index contributed by atoms with van der Waals surface area (Å²) in [6, 6.07) is 0.0382. The number of amides is 1. The highest BCUT2D eigenvalue weighted by Gasteiger charge is 2.03. The van der Waals surface area contributed by atoms with Gasteiger partial charge in [0.2, 0.25) is 5.91 Å². The van der Waals surface area contributed by atoms with Crippen molar-refractivity contribution in [3.05, 3.63) is 0 Å². The molecule has 4 heteroatoms. The number of alkyl halides is 1. The van der Waals surface area contributed by atoms with Crippen LogP contribution in [-0.2, 0) is 9.53 Å². The van der Waals surface area contributed by atoms with Gasteiger partial charge in [0.15, 0.2) is 0 Å². The van der Waals surface area contributed by atoms with Gasteiger partial charge in [-0.05, 0) is 6.92 Å². The molecule has 0 bridgehead atoms. The zero-order chi connectivity index (χ0) is 7.98. The molecule has 10 heavy (non-hydrogen) atoms. The largest absolute Gasteiger partial charge is 0.383 e. The summed E-state index contributed by atoms with van der Waals surface area (Å²) < 4.78 is 4.79. The van der Waals surface area contributed by atoms with Gasteiger partial charge in [-0.1, -0.05) is 0 Å². The molecule has 0 spiro atoms. The summed E-state index contributed by atoms with van der Waals surface area (Å²) >= 11 is 5.24. The second kappa shape index (κ2) is 5.50. The van der Waals surface area contributed by atoms with Crippen molar-refractivity contribution in [1.29, 1.82) is 0 Å². The summed E-state index contributed by atoms with van der Waals surface area (Å²) in [6.45, 7) is 2.37. The van der Waals surface area contributed by atoms with E-state index >= 15 is 0 Å². The van der Waals surface area contributed by atoms with Crippen LogP contribution in [0.15, 0.2) is 0 Å². The van der Waals surface area contributed by atoms with E-state index < -0.39 is 0 Å². The standard InChI is InChI=1S/C6H12ClNO2/c1-5(4-10-2)8-6(9)3-7/h5H,3-4H2,1-2H3,(H,8,9)/t5-/m0/s1. The summed E-state index contributed by atoms with van der Waals surface area (Å²) in [5.74, 6) is -0.153. The molecule has 0 aliphatic rings. The Labute approximate surface area is 65.7 Å². The van der Waals surface area contributed by atoms with Crippen molar-refractivity contribution < 1.29 is 9.53 Å². The Bertz CT molecular complexity index is 108. The fraction of sp³-hybridized carbons (Fsp3) is 0.833. The highest BCUT2D eigenvalue weighted by molar-refractivity contribution is 6.27. The van der Waals surface area contributed by atoms with Crippen LogP contribution < -0.4 is 5.32 Å². The molecule has 0 aliphatic heterocycles. The zero-order valence-corrected chi connectivity index (χ0v) is 6.94. The monoisotopic (exact) mass is 165 g/mol. The molecule has 0 saturated heterocycles. The third-order valence-corrected chi connectivity index (χ3v) is 1.19. The first-order valence-corrected chi connectivity index (χ1v) is 3.58. The molecule has 60 valence electrons. The normalized spacial score (nSPS) is 12.7. The average molecular weight is 166 g/mol. The van der Waals surface area contributed by atoms with Crippen molar-refractivity contribution in [3.8, 4) is 0 Å². The van der Waals surface area contributed by atoms with E-state index in [1.54, 1.807) is 7.11 Å².